The van der Waals surface area contributed by atoms with Gasteiger partial charge in [0.05, 0.1) is 19.5 Å². The van der Waals surface area contributed by atoms with Gasteiger partial charge in [0.15, 0.2) is 0 Å². The Kier molecular flexibility index (Phi) is 5.58. The third kappa shape index (κ3) is 4.15. The lowest BCUT2D eigenvalue weighted by atomic mass is 10.0. The smallest absolute Gasteiger partial charge is 0.352 e. The van der Waals surface area contributed by atoms with Crippen molar-refractivity contribution >= 4 is 22.4 Å². The summed E-state index contributed by atoms with van der Waals surface area (Å²) >= 11 is 0. The first-order valence-corrected chi connectivity index (χ1v) is 9.90. The Morgan fingerprint density at radius 3 is 2.83 bits per heavy atom. The molecule has 1 amide bonds. The van der Waals surface area contributed by atoms with E-state index in [0.717, 1.165) is 37.0 Å². The Morgan fingerprint density at radius 2 is 2.07 bits per heavy atom. The van der Waals surface area contributed by atoms with Crippen LogP contribution in [0.15, 0.2) is 30.6 Å². The average Bonchev–Trinajstić information content (AvgIpc) is 3.13. The quantitative estimate of drug-likeness (QED) is 0.857. The van der Waals surface area contributed by atoms with E-state index >= 15 is 0 Å². The molecule has 0 spiro atoms. The maximum absolute atomic E-state index is 14.0. The SMILES string of the molecule is C#[N+][C@@H]1C[C@H](F)CN1C(=O)CN1CCC(Nc2ccc(F)c3cnccc23)CC1. The molecule has 2 aromatic rings. The number of hydrogen-bond donors (Lipinski definition) is 1. The molecule has 1 aromatic carbocycles. The van der Waals surface area contributed by atoms with Gasteiger partial charge in [0.25, 0.3) is 6.57 Å². The summed E-state index contributed by atoms with van der Waals surface area (Å²) in [6, 6.07) is 5.25. The van der Waals surface area contributed by atoms with E-state index in [1.165, 1.54) is 17.2 Å². The number of hydrogen-bond acceptors (Lipinski definition) is 4. The van der Waals surface area contributed by atoms with Crippen molar-refractivity contribution < 1.29 is 13.6 Å². The minimum Gasteiger partial charge on any atom is -0.382 e. The van der Waals surface area contributed by atoms with E-state index in [4.69, 9.17) is 6.57 Å². The fraction of sp³-hybridized carbons (Fsp3) is 0.476. The molecule has 2 saturated heterocycles. The Labute approximate surface area is 168 Å². The lowest BCUT2D eigenvalue weighted by Crippen LogP contribution is -2.46. The Hall–Kier alpha value is -2.79. The Bertz CT molecular complexity index is 938. The summed E-state index contributed by atoms with van der Waals surface area (Å²) in [5, 5.41) is 4.81. The first-order valence-electron chi connectivity index (χ1n) is 9.90. The van der Waals surface area contributed by atoms with Gasteiger partial charge in [-0.2, -0.15) is 0 Å². The number of likely N-dealkylation sites (tertiary alicyclic amines) is 2. The predicted octanol–water partition coefficient (Wildman–Crippen LogP) is 3.11. The van der Waals surface area contributed by atoms with E-state index in [9.17, 15) is 13.6 Å². The molecule has 2 aliphatic heterocycles. The van der Waals surface area contributed by atoms with Gasteiger partial charge >= 0.3 is 6.17 Å². The van der Waals surface area contributed by atoms with Crippen LogP contribution in [0, 0.1) is 12.4 Å². The molecule has 2 fully saturated rings. The number of carbonyl (C=O) groups excluding carboxylic acids is 1. The number of carbonyl (C=O) groups is 1. The molecule has 3 heterocycles. The number of aromatic nitrogens is 1. The summed E-state index contributed by atoms with van der Waals surface area (Å²) in [6.07, 6.45) is 3.45. The van der Waals surface area contributed by atoms with Gasteiger partial charge in [0, 0.05) is 48.0 Å². The average molecular weight is 400 g/mol. The molecule has 152 valence electrons. The highest BCUT2D eigenvalue weighted by atomic mass is 19.1. The molecule has 0 bridgehead atoms. The van der Waals surface area contributed by atoms with Crippen LogP contribution in [0.25, 0.3) is 15.6 Å². The molecule has 0 radical (unpaired) electrons. The summed E-state index contributed by atoms with van der Waals surface area (Å²) in [5.41, 5.74) is 0.886. The highest BCUT2D eigenvalue weighted by molar-refractivity contribution is 5.93. The van der Waals surface area contributed by atoms with Crippen molar-refractivity contribution in [2.24, 2.45) is 0 Å². The fourth-order valence-corrected chi connectivity index (χ4v) is 4.19. The van der Waals surface area contributed by atoms with Gasteiger partial charge in [-0.3, -0.25) is 19.6 Å². The minimum atomic E-state index is -1.06. The molecule has 0 saturated carbocycles. The van der Waals surface area contributed by atoms with E-state index in [1.54, 1.807) is 12.3 Å². The topological polar surface area (TPSA) is 52.8 Å². The Morgan fingerprint density at radius 1 is 1.28 bits per heavy atom. The molecule has 4 rings (SSSR count). The van der Waals surface area contributed by atoms with Gasteiger partial charge in [0.1, 0.15) is 12.0 Å². The number of piperidine rings is 1. The van der Waals surface area contributed by atoms with Gasteiger partial charge in [-0.15, -0.1) is 0 Å². The van der Waals surface area contributed by atoms with Crippen molar-refractivity contribution in [3.63, 3.8) is 0 Å². The standard InChI is InChI=1S/C21H24F2N5O/c1-24-20-10-14(22)12-28(20)21(29)13-27-8-5-15(6-9-27)26-19-3-2-18(23)17-11-25-7-4-16(17)19/h1-4,7,11,14-15,20,26H,5-6,8-10,12-13H2/q+1/t14-,20-/m0/s1. The Balaban J connectivity index is 1.33. The second kappa shape index (κ2) is 8.29. The second-order valence-electron chi connectivity index (χ2n) is 7.72. The molecular weight excluding hydrogens is 376 g/mol. The van der Waals surface area contributed by atoms with Gasteiger partial charge in [-0.25, -0.2) is 8.78 Å². The second-order valence-corrected chi connectivity index (χ2v) is 7.72. The summed E-state index contributed by atoms with van der Waals surface area (Å²) in [6.45, 7) is 7.13. The number of amides is 1. The number of pyridine rings is 1. The maximum Gasteiger partial charge on any atom is 0.352 e. The molecule has 1 N–H and O–H groups in total. The van der Waals surface area contributed by atoms with Crippen LogP contribution in [0.3, 0.4) is 0 Å². The monoisotopic (exact) mass is 400 g/mol. The summed E-state index contributed by atoms with van der Waals surface area (Å²) in [5.74, 6) is -0.417. The van der Waals surface area contributed by atoms with Crippen molar-refractivity contribution in [2.75, 3.05) is 31.5 Å². The van der Waals surface area contributed by atoms with Crippen LogP contribution in [0.1, 0.15) is 19.3 Å². The van der Waals surface area contributed by atoms with Crippen LogP contribution in [0.4, 0.5) is 14.5 Å². The molecule has 2 atom stereocenters. The van der Waals surface area contributed by atoms with E-state index in [-0.39, 0.29) is 37.3 Å². The van der Waals surface area contributed by atoms with E-state index in [1.807, 2.05) is 6.07 Å². The van der Waals surface area contributed by atoms with Crippen molar-refractivity contribution in [1.29, 1.82) is 0 Å². The zero-order valence-electron chi connectivity index (χ0n) is 16.1. The van der Waals surface area contributed by atoms with Gasteiger partial charge < -0.3 is 5.32 Å². The van der Waals surface area contributed by atoms with Crippen LogP contribution in [0.2, 0.25) is 0 Å². The number of fused-ring (bicyclic) bond motifs is 1. The maximum atomic E-state index is 14.0. The zero-order valence-corrected chi connectivity index (χ0v) is 16.1. The molecule has 1 aromatic heterocycles. The van der Waals surface area contributed by atoms with Gasteiger partial charge in [0.2, 0.25) is 5.91 Å². The van der Waals surface area contributed by atoms with Crippen LogP contribution in [0.5, 0.6) is 0 Å². The molecule has 2 aliphatic rings. The van der Waals surface area contributed by atoms with Crippen molar-refractivity contribution in [3.8, 4) is 6.57 Å². The number of nitrogens with zero attached hydrogens (tertiary/aromatic N) is 4. The summed E-state index contributed by atoms with van der Waals surface area (Å²) in [7, 11) is 0. The van der Waals surface area contributed by atoms with Crippen LogP contribution < -0.4 is 5.32 Å². The highest BCUT2D eigenvalue weighted by Gasteiger charge is 2.42. The fourth-order valence-electron chi connectivity index (χ4n) is 4.19. The molecule has 6 nitrogen and oxygen atoms in total. The normalized spacial score (nSPS) is 23.3. The van der Waals surface area contributed by atoms with E-state index < -0.39 is 12.3 Å². The molecule has 29 heavy (non-hydrogen) atoms. The van der Waals surface area contributed by atoms with Crippen LogP contribution >= 0.6 is 0 Å². The highest BCUT2D eigenvalue weighted by Crippen LogP contribution is 2.27. The first-order chi connectivity index (χ1) is 14.0. The number of nitrogens with one attached hydrogen (secondary N) is 1. The summed E-state index contributed by atoms with van der Waals surface area (Å²) in [4.78, 5) is 23.7. The number of anilines is 1. The third-order valence-corrected chi connectivity index (χ3v) is 5.78. The third-order valence-electron chi connectivity index (χ3n) is 5.78. The van der Waals surface area contributed by atoms with E-state index in [0.29, 0.717) is 5.39 Å². The van der Waals surface area contributed by atoms with Gasteiger partial charge in [-0.1, -0.05) is 4.85 Å². The molecular formula is C21H24F2N5O+. The van der Waals surface area contributed by atoms with Crippen molar-refractivity contribution in [1.82, 2.24) is 14.8 Å². The van der Waals surface area contributed by atoms with Crippen LogP contribution in [-0.2, 0) is 4.79 Å². The number of halogens is 2. The number of alkyl halides is 1. The largest absolute Gasteiger partial charge is 0.382 e. The van der Waals surface area contributed by atoms with Crippen molar-refractivity contribution in [2.45, 2.75) is 37.6 Å². The lowest BCUT2D eigenvalue weighted by molar-refractivity contribution is -0.133. The van der Waals surface area contributed by atoms with Gasteiger partial charge in [-0.05, 0) is 31.0 Å². The van der Waals surface area contributed by atoms with E-state index in [2.05, 4.69) is 20.0 Å². The first kappa shape index (κ1) is 19.5. The molecule has 8 heteroatoms. The number of benzene rings is 1. The van der Waals surface area contributed by atoms with Crippen molar-refractivity contribution in [3.05, 3.63) is 41.3 Å². The predicted molar refractivity (Wildman–Crippen MR) is 108 cm³/mol. The molecule has 0 aliphatic carbocycles. The number of rotatable bonds is 4. The minimum absolute atomic E-state index is 0.0642. The lowest BCUT2D eigenvalue weighted by Gasteiger charge is -2.33. The zero-order chi connectivity index (χ0) is 20.4. The van der Waals surface area contributed by atoms with Crippen LogP contribution in [-0.4, -0.2) is 65.2 Å². The summed E-state index contributed by atoms with van der Waals surface area (Å²) < 4.78 is 27.6. The molecule has 0 unspecified atom stereocenters.